The molecule has 4 aliphatic rings. The van der Waals surface area contributed by atoms with Gasteiger partial charge in [-0.15, -0.1) is 0 Å². The highest BCUT2D eigenvalue weighted by atomic mass is 127. The van der Waals surface area contributed by atoms with Crippen molar-refractivity contribution >= 4 is 91.5 Å². The van der Waals surface area contributed by atoms with Crippen molar-refractivity contribution in [1.82, 2.24) is 19.3 Å². The number of esters is 1. The maximum Gasteiger partial charge on any atom is 0.409 e. The molecule has 0 saturated carbocycles. The monoisotopic (exact) mass is 1070 g/mol. The number of anilines is 1. The van der Waals surface area contributed by atoms with Gasteiger partial charge in [0.15, 0.2) is 5.72 Å². The summed E-state index contributed by atoms with van der Waals surface area (Å²) in [5.41, 5.74) is 0.256. The standard InChI is InChI=1S/C43H63ClIN5O12S2/c1-26-13-11-14-31(59-10)43(56)23-33(61-39(55)46-43)42(5)24-41(4,62-42)32(22-36(53)50(7)29-20-28(19-26)21-30(58-9)37(29)44)60-38(54)27(2)49(6)35(52)16-17-40(3,25-57-8)64-63-18-12-15-34(51)47-48-45/h11,13-14,20-21,27,31-33,48,56H,12,15-19,22-25H2,1-10H3,(H,46,55)(H,47,51)/b14-11+,26-13+/t27-,31+,32-,33-,40?,41+,42?,43-/m0/s1. The minimum absolute atomic E-state index is 0.0995. The van der Waals surface area contributed by atoms with Crippen LogP contribution in [-0.2, 0) is 49.3 Å². The normalized spacial score (nSPS) is 28.8. The molecule has 2 saturated heterocycles. The molecule has 64 heavy (non-hydrogen) atoms. The summed E-state index contributed by atoms with van der Waals surface area (Å²) in [5, 5.41) is 14.6. The Morgan fingerprint density at radius 3 is 2.53 bits per heavy atom. The van der Waals surface area contributed by atoms with Gasteiger partial charge in [-0.3, -0.25) is 25.1 Å². The lowest BCUT2D eigenvalue weighted by molar-refractivity contribution is -0.328. The Bertz CT molecular complexity index is 1920. The molecule has 17 nitrogen and oxygen atoms in total. The van der Waals surface area contributed by atoms with Crippen LogP contribution in [0.5, 0.6) is 5.75 Å². The molecule has 6 bridgehead atoms. The summed E-state index contributed by atoms with van der Waals surface area (Å²) >= 11 is 8.66. The first-order valence-electron chi connectivity index (χ1n) is 20.9. The van der Waals surface area contributed by atoms with Gasteiger partial charge in [0.2, 0.25) is 17.7 Å². The number of aliphatic hydroxyl groups is 1. The number of allylic oxidation sites excluding steroid dienone is 3. The molecule has 2 unspecified atom stereocenters. The van der Waals surface area contributed by atoms with Gasteiger partial charge in [0.05, 0.1) is 25.8 Å². The zero-order valence-electron chi connectivity index (χ0n) is 38.2. The average molecular weight is 1070 g/mol. The average Bonchev–Trinajstić information content (AvgIpc) is 3.22. The van der Waals surface area contributed by atoms with E-state index in [-0.39, 0.29) is 42.5 Å². The molecule has 358 valence electrons. The predicted molar refractivity (Wildman–Crippen MR) is 255 cm³/mol. The number of hydrogen-bond acceptors (Lipinski definition) is 15. The lowest BCUT2D eigenvalue weighted by Gasteiger charge is -2.59. The van der Waals surface area contributed by atoms with Gasteiger partial charge >= 0.3 is 12.1 Å². The molecule has 4 amide bonds. The molecule has 2 fully saturated rings. The first-order valence-corrected chi connectivity index (χ1v) is 24.6. The number of rotatable bonds is 17. The number of nitrogens with zero attached hydrogens (tertiary/aromatic N) is 2. The highest BCUT2D eigenvalue weighted by Crippen LogP contribution is 2.50. The third-order valence-electron chi connectivity index (χ3n) is 11.8. The minimum Gasteiger partial charge on any atom is -0.495 e. The molecular weight excluding hydrogens is 1000 g/mol. The second-order valence-corrected chi connectivity index (χ2v) is 21.1. The van der Waals surface area contributed by atoms with Gasteiger partial charge < -0.3 is 43.3 Å². The van der Waals surface area contributed by atoms with Gasteiger partial charge in [-0.05, 0) is 71.6 Å². The molecule has 0 aliphatic carbocycles. The van der Waals surface area contributed by atoms with Gasteiger partial charge in [0.1, 0.15) is 46.3 Å². The Hall–Kier alpha value is -2.83. The Balaban J connectivity index is 1.59. The summed E-state index contributed by atoms with van der Waals surface area (Å²) in [6.45, 7) is 9.27. The number of methoxy groups -OCH3 is 3. The molecule has 0 radical (unpaired) electrons. The lowest BCUT2D eigenvalue weighted by Crippen LogP contribution is -2.72. The Morgan fingerprint density at radius 1 is 1.19 bits per heavy atom. The fourth-order valence-electron chi connectivity index (χ4n) is 8.09. The smallest absolute Gasteiger partial charge is 0.409 e. The molecule has 1 aromatic carbocycles. The van der Waals surface area contributed by atoms with E-state index in [4.69, 9.17) is 40.0 Å². The number of fused-ring (bicyclic) bond motifs is 6. The van der Waals surface area contributed by atoms with E-state index in [1.165, 1.54) is 31.1 Å². The molecule has 5 rings (SSSR count). The summed E-state index contributed by atoms with van der Waals surface area (Å²) in [4.78, 5) is 69.6. The largest absolute Gasteiger partial charge is 0.495 e. The summed E-state index contributed by atoms with van der Waals surface area (Å²) < 4.78 is 37.4. The number of ether oxygens (including phenoxy) is 6. The van der Waals surface area contributed by atoms with Crippen LogP contribution in [0.3, 0.4) is 0 Å². The van der Waals surface area contributed by atoms with Crippen molar-refractivity contribution in [3.05, 3.63) is 46.5 Å². The van der Waals surface area contributed by atoms with E-state index < -0.39 is 64.0 Å². The summed E-state index contributed by atoms with van der Waals surface area (Å²) in [6, 6.07) is 2.52. The fourth-order valence-corrected chi connectivity index (χ4v) is 11.5. The number of alkyl carbamates (subject to hydrolysis) is 1. The first-order chi connectivity index (χ1) is 30.1. The maximum atomic E-state index is 14.3. The van der Waals surface area contributed by atoms with Crippen LogP contribution in [0.2, 0.25) is 5.02 Å². The fraction of sp³-hybridized carbons (Fsp3) is 0.651. The quantitative estimate of drug-likeness (QED) is 0.0354. The van der Waals surface area contributed by atoms with Crippen LogP contribution < -0.4 is 24.0 Å². The summed E-state index contributed by atoms with van der Waals surface area (Å²) in [5.74, 6) is -0.541. The number of amides is 4. The topological polar surface area (TPSA) is 204 Å². The van der Waals surface area contributed by atoms with E-state index in [0.29, 0.717) is 43.7 Å². The van der Waals surface area contributed by atoms with Crippen molar-refractivity contribution in [2.45, 2.75) is 132 Å². The number of benzene rings is 1. The van der Waals surface area contributed by atoms with Crippen molar-refractivity contribution in [2.24, 2.45) is 0 Å². The Morgan fingerprint density at radius 2 is 1.89 bits per heavy atom. The SMILES string of the molecule is COCC(C)(CCC(=O)N(C)[C@@H](C)C(=O)O[C@H]1CC(=O)N(C)c2cc(cc(OC)c2Cl)C/C(C)=C/C=C/[C@@H](OC)[C@@]2(O)C[C@H](OC(=O)N2)C2(C)C[C@@]1(C)O2)SSCCCC(=O)NNI. The van der Waals surface area contributed by atoms with Gasteiger partial charge in [0, 0.05) is 87.4 Å². The van der Waals surface area contributed by atoms with Crippen molar-refractivity contribution < 1.29 is 57.5 Å². The number of carbonyl (C=O) groups is 5. The molecule has 8 atom stereocenters. The highest BCUT2D eigenvalue weighted by molar-refractivity contribution is 14.1. The predicted octanol–water partition coefficient (Wildman–Crippen LogP) is 5.98. The number of likely N-dealkylation sites (N-methyl/N-ethyl adjacent to an activating group) is 1. The first kappa shape index (κ1) is 53.8. The molecule has 0 aromatic heterocycles. The van der Waals surface area contributed by atoms with E-state index in [1.54, 1.807) is 80.8 Å². The van der Waals surface area contributed by atoms with E-state index in [1.807, 2.05) is 42.8 Å². The highest BCUT2D eigenvalue weighted by Gasteiger charge is 2.63. The number of carbonyl (C=O) groups excluding carboxylic acids is 5. The number of halogens is 2. The lowest BCUT2D eigenvalue weighted by atomic mass is 9.72. The van der Waals surface area contributed by atoms with Crippen LogP contribution in [0.25, 0.3) is 0 Å². The second-order valence-electron chi connectivity index (χ2n) is 17.2. The van der Waals surface area contributed by atoms with Crippen LogP contribution in [0, 0.1) is 0 Å². The number of nitrogens with one attached hydrogen (secondary N) is 3. The van der Waals surface area contributed by atoms with Gasteiger partial charge in [-0.25, -0.2) is 9.59 Å². The third-order valence-corrected chi connectivity index (χ3v) is 15.8. The molecule has 1 aromatic rings. The molecule has 0 spiro atoms. The third kappa shape index (κ3) is 13.6. The second kappa shape index (κ2) is 23.3. The minimum atomic E-state index is -1.88. The van der Waals surface area contributed by atoms with Crippen LogP contribution >= 0.6 is 56.1 Å². The molecular formula is C43H63ClIN5O12S2. The van der Waals surface area contributed by atoms with Gasteiger partial charge in [-0.2, -0.15) is 3.64 Å². The van der Waals surface area contributed by atoms with E-state index in [0.717, 1.165) is 16.9 Å². The number of hydrogen-bond donors (Lipinski definition) is 4. The van der Waals surface area contributed by atoms with Gasteiger partial charge in [-0.1, -0.05) is 57.0 Å². The van der Waals surface area contributed by atoms with E-state index in [2.05, 4.69) is 14.4 Å². The molecule has 4 heterocycles. The van der Waals surface area contributed by atoms with E-state index >= 15 is 0 Å². The van der Waals surface area contributed by atoms with Crippen molar-refractivity contribution in [2.75, 3.05) is 52.7 Å². The van der Waals surface area contributed by atoms with Crippen molar-refractivity contribution in [1.29, 1.82) is 0 Å². The Kier molecular flexibility index (Phi) is 19.5. The van der Waals surface area contributed by atoms with Crippen LogP contribution in [0.1, 0.15) is 85.1 Å². The van der Waals surface area contributed by atoms with Crippen molar-refractivity contribution in [3.63, 3.8) is 0 Å². The van der Waals surface area contributed by atoms with Crippen LogP contribution in [-0.4, -0.2) is 134 Å². The maximum absolute atomic E-state index is 14.3. The van der Waals surface area contributed by atoms with Crippen LogP contribution in [0.15, 0.2) is 35.9 Å². The Labute approximate surface area is 403 Å². The molecule has 21 heteroatoms. The zero-order valence-corrected chi connectivity index (χ0v) is 42.7. The zero-order chi connectivity index (χ0) is 47.6. The van der Waals surface area contributed by atoms with Crippen LogP contribution in [0.4, 0.5) is 10.5 Å². The van der Waals surface area contributed by atoms with E-state index in [9.17, 15) is 29.1 Å². The molecule has 4 aliphatic heterocycles. The summed E-state index contributed by atoms with van der Waals surface area (Å²) in [7, 11) is 10.8. The number of hydrazine groups is 1. The molecule has 4 N–H and O–H groups in total. The summed E-state index contributed by atoms with van der Waals surface area (Å²) in [6.07, 6.45) is 2.92. The van der Waals surface area contributed by atoms with Gasteiger partial charge in [0.25, 0.3) is 0 Å². The van der Waals surface area contributed by atoms with Crippen molar-refractivity contribution in [3.8, 4) is 5.75 Å².